The Morgan fingerprint density at radius 3 is 2.11 bits per heavy atom. The summed E-state index contributed by atoms with van der Waals surface area (Å²) < 4.78 is 0. The molecule has 1 unspecified atom stereocenters. The van der Waals surface area contributed by atoms with E-state index in [4.69, 9.17) is 0 Å². The van der Waals surface area contributed by atoms with Gasteiger partial charge in [-0.15, -0.1) is 0 Å². The third-order valence-electron chi connectivity index (χ3n) is 3.23. The molecule has 94 valence electrons. The standard InChI is InChI=1S/C17H20O/c1-2-3-9-17(18)16-12-10-15(11-13-16)14-7-5-4-6-8-14/h4-8,10-13,17-18H,2-3,9H2,1H3. The van der Waals surface area contributed by atoms with E-state index in [1.807, 2.05) is 30.3 Å². The first-order chi connectivity index (χ1) is 8.81. The molecule has 0 saturated heterocycles. The van der Waals surface area contributed by atoms with Crippen LogP contribution in [0.25, 0.3) is 11.1 Å². The predicted octanol–water partition coefficient (Wildman–Crippen LogP) is 4.58. The Hall–Kier alpha value is -1.60. The molecule has 2 aromatic rings. The van der Waals surface area contributed by atoms with Crippen molar-refractivity contribution in [2.45, 2.75) is 32.3 Å². The summed E-state index contributed by atoms with van der Waals surface area (Å²) in [7, 11) is 0. The van der Waals surface area contributed by atoms with Gasteiger partial charge in [0.25, 0.3) is 0 Å². The Balaban J connectivity index is 2.10. The molecule has 1 heteroatoms. The number of unbranched alkanes of at least 4 members (excludes halogenated alkanes) is 1. The van der Waals surface area contributed by atoms with Crippen LogP contribution in [0.15, 0.2) is 54.6 Å². The molecule has 0 spiro atoms. The van der Waals surface area contributed by atoms with Crippen LogP contribution in [0.2, 0.25) is 0 Å². The smallest absolute Gasteiger partial charge is 0.0790 e. The van der Waals surface area contributed by atoms with E-state index in [2.05, 4.69) is 31.2 Å². The van der Waals surface area contributed by atoms with E-state index in [1.54, 1.807) is 0 Å². The molecule has 0 aliphatic carbocycles. The van der Waals surface area contributed by atoms with Gasteiger partial charge in [-0.3, -0.25) is 0 Å². The van der Waals surface area contributed by atoms with E-state index < -0.39 is 0 Å². The van der Waals surface area contributed by atoms with Crippen molar-refractivity contribution in [2.24, 2.45) is 0 Å². The van der Waals surface area contributed by atoms with Gasteiger partial charge in [0.1, 0.15) is 0 Å². The number of hydrogen-bond acceptors (Lipinski definition) is 1. The molecule has 2 aromatic carbocycles. The van der Waals surface area contributed by atoms with Gasteiger partial charge >= 0.3 is 0 Å². The molecule has 0 aliphatic heterocycles. The molecule has 1 atom stereocenters. The average molecular weight is 240 g/mol. The van der Waals surface area contributed by atoms with E-state index in [1.165, 1.54) is 11.1 Å². The van der Waals surface area contributed by atoms with Crippen molar-refractivity contribution in [3.63, 3.8) is 0 Å². The van der Waals surface area contributed by atoms with Crippen LogP contribution < -0.4 is 0 Å². The molecule has 0 radical (unpaired) electrons. The van der Waals surface area contributed by atoms with Crippen molar-refractivity contribution in [1.82, 2.24) is 0 Å². The Kier molecular flexibility index (Phi) is 4.54. The summed E-state index contributed by atoms with van der Waals surface area (Å²) >= 11 is 0. The maximum Gasteiger partial charge on any atom is 0.0790 e. The maximum absolute atomic E-state index is 10.0. The Morgan fingerprint density at radius 1 is 0.889 bits per heavy atom. The molecule has 2 rings (SSSR count). The van der Waals surface area contributed by atoms with Crippen LogP contribution in [0.3, 0.4) is 0 Å². The van der Waals surface area contributed by atoms with Crippen molar-refractivity contribution in [1.29, 1.82) is 0 Å². The summed E-state index contributed by atoms with van der Waals surface area (Å²) in [5, 5.41) is 10.0. The SMILES string of the molecule is CCCCC(O)c1ccc(-c2ccccc2)cc1. The van der Waals surface area contributed by atoms with Gasteiger partial charge in [0.05, 0.1) is 6.10 Å². The highest BCUT2D eigenvalue weighted by Crippen LogP contribution is 2.24. The zero-order valence-electron chi connectivity index (χ0n) is 10.8. The summed E-state index contributed by atoms with van der Waals surface area (Å²) in [4.78, 5) is 0. The molecule has 1 N–H and O–H groups in total. The second kappa shape index (κ2) is 6.36. The van der Waals surface area contributed by atoms with Gasteiger partial charge < -0.3 is 5.11 Å². The lowest BCUT2D eigenvalue weighted by molar-refractivity contribution is 0.164. The first-order valence-electron chi connectivity index (χ1n) is 6.64. The fraction of sp³-hybridized carbons (Fsp3) is 0.294. The quantitative estimate of drug-likeness (QED) is 0.811. The molecule has 0 aromatic heterocycles. The zero-order chi connectivity index (χ0) is 12.8. The molecule has 0 bridgehead atoms. The minimum Gasteiger partial charge on any atom is -0.388 e. The van der Waals surface area contributed by atoms with Crippen LogP contribution in [0.4, 0.5) is 0 Å². The van der Waals surface area contributed by atoms with Crippen LogP contribution in [-0.2, 0) is 0 Å². The molecule has 18 heavy (non-hydrogen) atoms. The first kappa shape index (κ1) is 12.8. The zero-order valence-corrected chi connectivity index (χ0v) is 10.8. The molecule has 1 nitrogen and oxygen atoms in total. The Labute approximate surface area is 109 Å². The Bertz CT molecular complexity index is 459. The summed E-state index contributed by atoms with van der Waals surface area (Å²) in [6.07, 6.45) is 2.72. The van der Waals surface area contributed by atoms with Crippen LogP contribution in [0.1, 0.15) is 37.9 Å². The lowest BCUT2D eigenvalue weighted by Gasteiger charge is -2.11. The topological polar surface area (TPSA) is 20.2 Å². The molecule has 0 amide bonds. The first-order valence-corrected chi connectivity index (χ1v) is 6.64. The third kappa shape index (κ3) is 3.21. The van der Waals surface area contributed by atoms with Gasteiger partial charge in [-0.1, -0.05) is 74.4 Å². The van der Waals surface area contributed by atoms with Gasteiger partial charge in [0.15, 0.2) is 0 Å². The van der Waals surface area contributed by atoms with Crippen LogP contribution in [0, 0.1) is 0 Å². The molecule has 0 saturated carbocycles. The van der Waals surface area contributed by atoms with Crippen LogP contribution >= 0.6 is 0 Å². The molecule has 0 aliphatic rings. The highest BCUT2D eigenvalue weighted by atomic mass is 16.3. The van der Waals surface area contributed by atoms with Gasteiger partial charge in [0.2, 0.25) is 0 Å². The summed E-state index contributed by atoms with van der Waals surface area (Å²) in [6.45, 7) is 2.14. The fourth-order valence-corrected chi connectivity index (χ4v) is 2.09. The van der Waals surface area contributed by atoms with E-state index in [0.29, 0.717) is 0 Å². The van der Waals surface area contributed by atoms with Gasteiger partial charge in [-0.2, -0.15) is 0 Å². The molecule has 0 fully saturated rings. The van der Waals surface area contributed by atoms with Gasteiger partial charge in [-0.05, 0) is 23.1 Å². The van der Waals surface area contributed by atoms with Crippen LogP contribution in [-0.4, -0.2) is 5.11 Å². The average Bonchev–Trinajstić information content (AvgIpc) is 2.46. The summed E-state index contributed by atoms with van der Waals surface area (Å²) in [6, 6.07) is 18.5. The lowest BCUT2D eigenvalue weighted by atomic mass is 10.00. The number of rotatable bonds is 5. The highest BCUT2D eigenvalue weighted by Gasteiger charge is 2.06. The van der Waals surface area contributed by atoms with Crippen molar-refractivity contribution < 1.29 is 5.11 Å². The van der Waals surface area contributed by atoms with Gasteiger partial charge in [0, 0.05) is 0 Å². The van der Waals surface area contributed by atoms with E-state index in [-0.39, 0.29) is 6.10 Å². The van der Waals surface area contributed by atoms with Crippen LogP contribution in [0.5, 0.6) is 0 Å². The third-order valence-corrected chi connectivity index (χ3v) is 3.23. The van der Waals surface area contributed by atoms with Crippen molar-refractivity contribution in [2.75, 3.05) is 0 Å². The molecule has 0 heterocycles. The van der Waals surface area contributed by atoms with E-state index in [0.717, 1.165) is 24.8 Å². The molecular formula is C17H20O. The number of aliphatic hydroxyl groups is 1. The predicted molar refractivity (Wildman–Crippen MR) is 76.4 cm³/mol. The van der Waals surface area contributed by atoms with E-state index in [9.17, 15) is 5.11 Å². The minimum absolute atomic E-state index is 0.324. The molecular weight excluding hydrogens is 220 g/mol. The number of benzene rings is 2. The maximum atomic E-state index is 10.0. The van der Waals surface area contributed by atoms with Crippen molar-refractivity contribution >= 4 is 0 Å². The van der Waals surface area contributed by atoms with E-state index >= 15 is 0 Å². The number of aliphatic hydroxyl groups excluding tert-OH is 1. The lowest BCUT2D eigenvalue weighted by Crippen LogP contribution is -1.96. The summed E-state index contributed by atoms with van der Waals surface area (Å²) in [5.41, 5.74) is 3.43. The van der Waals surface area contributed by atoms with Crippen molar-refractivity contribution in [3.05, 3.63) is 60.2 Å². The largest absolute Gasteiger partial charge is 0.388 e. The fourth-order valence-electron chi connectivity index (χ4n) is 2.09. The number of hydrogen-bond donors (Lipinski definition) is 1. The van der Waals surface area contributed by atoms with Gasteiger partial charge in [-0.25, -0.2) is 0 Å². The second-order valence-corrected chi connectivity index (χ2v) is 4.65. The second-order valence-electron chi connectivity index (χ2n) is 4.65. The normalized spacial score (nSPS) is 12.3. The Morgan fingerprint density at radius 2 is 1.50 bits per heavy atom. The monoisotopic (exact) mass is 240 g/mol. The van der Waals surface area contributed by atoms with Crippen molar-refractivity contribution in [3.8, 4) is 11.1 Å². The summed E-state index contributed by atoms with van der Waals surface area (Å²) in [5.74, 6) is 0. The minimum atomic E-state index is -0.324. The highest BCUT2D eigenvalue weighted by molar-refractivity contribution is 5.63.